The molecule has 0 bridgehead atoms. The van der Waals surface area contributed by atoms with Crippen molar-refractivity contribution >= 4 is 34.0 Å². The van der Waals surface area contributed by atoms with Crippen LogP contribution in [0.3, 0.4) is 0 Å². The van der Waals surface area contributed by atoms with Crippen molar-refractivity contribution in [1.29, 1.82) is 0 Å². The lowest BCUT2D eigenvalue weighted by atomic mass is 10.1. The van der Waals surface area contributed by atoms with Gasteiger partial charge in [-0.1, -0.05) is 30.3 Å². The minimum atomic E-state index is -0.526. The number of thiocarbonyl (C=S) groups is 1. The molecule has 1 amide bonds. The molecule has 0 aliphatic carbocycles. The second-order valence-corrected chi connectivity index (χ2v) is 7.03. The Bertz CT molecular complexity index is 1110. The second kappa shape index (κ2) is 8.78. The SMILES string of the molecule is CC(C)n1nc(C(=O)NNC(=S)NCc2ccc(F)cc2)c2ccccc2c1=O. The standard InChI is InChI=1S/C20H20FN5O2S/c1-12(2)26-19(28)16-6-4-3-5-15(16)17(25-26)18(27)23-24-20(29)22-11-13-7-9-14(21)10-8-13/h3-10,12H,11H2,1-2H3,(H,23,27)(H2,22,24,29). The Balaban J connectivity index is 1.71. The van der Waals surface area contributed by atoms with Crippen LogP contribution in [0, 0.1) is 5.82 Å². The largest absolute Gasteiger partial charge is 0.357 e. The van der Waals surface area contributed by atoms with Crippen molar-refractivity contribution in [2.45, 2.75) is 26.4 Å². The molecular formula is C20H20FN5O2S. The predicted octanol–water partition coefficient (Wildman–Crippen LogP) is 2.43. The van der Waals surface area contributed by atoms with Crippen molar-refractivity contribution in [3.63, 3.8) is 0 Å². The van der Waals surface area contributed by atoms with Gasteiger partial charge >= 0.3 is 0 Å². The lowest BCUT2D eigenvalue weighted by molar-refractivity contribution is 0.0938. The van der Waals surface area contributed by atoms with Gasteiger partial charge in [0.25, 0.3) is 11.5 Å². The number of halogens is 1. The van der Waals surface area contributed by atoms with Crippen molar-refractivity contribution in [2.24, 2.45) is 0 Å². The van der Waals surface area contributed by atoms with E-state index in [9.17, 15) is 14.0 Å². The van der Waals surface area contributed by atoms with Crippen molar-refractivity contribution in [2.75, 3.05) is 0 Å². The van der Waals surface area contributed by atoms with Gasteiger partial charge in [0, 0.05) is 11.9 Å². The summed E-state index contributed by atoms with van der Waals surface area (Å²) in [7, 11) is 0. The van der Waals surface area contributed by atoms with E-state index in [1.54, 1.807) is 36.4 Å². The maximum Gasteiger partial charge on any atom is 0.290 e. The van der Waals surface area contributed by atoms with Crippen LogP contribution in [0.1, 0.15) is 35.9 Å². The summed E-state index contributed by atoms with van der Waals surface area (Å²) in [5.41, 5.74) is 5.79. The van der Waals surface area contributed by atoms with E-state index in [0.717, 1.165) is 5.56 Å². The second-order valence-electron chi connectivity index (χ2n) is 6.63. The molecule has 150 valence electrons. The Labute approximate surface area is 171 Å². The fourth-order valence-corrected chi connectivity index (χ4v) is 2.85. The summed E-state index contributed by atoms with van der Waals surface area (Å²) in [5, 5.41) is 8.20. The van der Waals surface area contributed by atoms with Crippen LogP contribution in [-0.4, -0.2) is 20.8 Å². The number of carbonyl (C=O) groups excluding carboxylic acids is 1. The zero-order valence-corrected chi connectivity index (χ0v) is 16.7. The highest BCUT2D eigenvalue weighted by Gasteiger charge is 2.17. The van der Waals surface area contributed by atoms with Gasteiger partial charge in [-0.05, 0) is 49.8 Å². The summed E-state index contributed by atoms with van der Waals surface area (Å²) in [4.78, 5) is 25.2. The van der Waals surface area contributed by atoms with E-state index in [1.165, 1.54) is 16.8 Å². The number of nitrogens with zero attached hydrogens (tertiary/aromatic N) is 2. The predicted molar refractivity (Wildman–Crippen MR) is 113 cm³/mol. The molecule has 1 heterocycles. The van der Waals surface area contributed by atoms with E-state index in [4.69, 9.17) is 12.2 Å². The van der Waals surface area contributed by atoms with Crippen molar-refractivity contribution in [1.82, 2.24) is 25.9 Å². The van der Waals surface area contributed by atoms with Crippen LogP contribution < -0.4 is 21.7 Å². The lowest BCUT2D eigenvalue weighted by Gasteiger charge is -2.15. The number of rotatable bonds is 4. The number of carbonyl (C=O) groups is 1. The number of aromatic nitrogens is 2. The Morgan fingerprint density at radius 1 is 1.10 bits per heavy atom. The quantitative estimate of drug-likeness (QED) is 0.450. The average Bonchev–Trinajstić information content (AvgIpc) is 2.71. The van der Waals surface area contributed by atoms with Gasteiger partial charge < -0.3 is 5.32 Å². The van der Waals surface area contributed by atoms with Gasteiger partial charge in [0.05, 0.1) is 11.4 Å². The third kappa shape index (κ3) is 4.75. The first kappa shape index (κ1) is 20.4. The minimum absolute atomic E-state index is 0.114. The van der Waals surface area contributed by atoms with Crippen LogP contribution in [0.2, 0.25) is 0 Å². The molecule has 0 radical (unpaired) electrons. The number of fused-ring (bicyclic) bond motifs is 1. The zero-order valence-electron chi connectivity index (χ0n) is 15.9. The van der Waals surface area contributed by atoms with Gasteiger partial charge in [-0.3, -0.25) is 20.4 Å². The number of amides is 1. The number of benzene rings is 2. The van der Waals surface area contributed by atoms with E-state index in [2.05, 4.69) is 21.3 Å². The zero-order chi connectivity index (χ0) is 21.0. The molecule has 0 spiro atoms. The lowest BCUT2D eigenvalue weighted by Crippen LogP contribution is -2.47. The van der Waals surface area contributed by atoms with Crippen LogP contribution in [0.15, 0.2) is 53.3 Å². The molecule has 3 aromatic rings. The molecule has 9 heteroatoms. The van der Waals surface area contributed by atoms with Gasteiger partial charge in [-0.25, -0.2) is 9.07 Å². The van der Waals surface area contributed by atoms with Gasteiger partial charge in [0.1, 0.15) is 5.82 Å². The summed E-state index contributed by atoms with van der Waals surface area (Å²) < 4.78 is 14.2. The molecule has 3 N–H and O–H groups in total. The van der Waals surface area contributed by atoms with Crippen LogP contribution in [-0.2, 0) is 6.54 Å². The van der Waals surface area contributed by atoms with Crippen LogP contribution in [0.5, 0.6) is 0 Å². The molecule has 2 aromatic carbocycles. The van der Waals surface area contributed by atoms with E-state index in [1.807, 2.05) is 13.8 Å². The van der Waals surface area contributed by atoms with Crippen LogP contribution in [0.25, 0.3) is 10.8 Å². The summed E-state index contributed by atoms with van der Waals surface area (Å²) >= 11 is 5.14. The number of hydrazine groups is 1. The fraction of sp³-hybridized carbons (Fsp3) is 0.200. The fourth-order valence-electron chi connectivity index (χ4n) is 2.73. The minimum Gasteiger partial charge on any atom is -0.357 e. The van der Waals surface area contributed by atoms with Crippen molar-refractivity contribution < 1.29 is 9.18 Å². The smallest absolute Gasteiger partial charge is 0.290 e. The summed E-state index contributed by atoms with van der Waals surface area (Å²) in [6.45, 7) is 4.00. The number of nitrogens with one attached hydrogen (secondary N) is 3. The maximum atomic E-state index is 12.9. The molecule has 0 aliphatic heterocycles. The molecule has 0 aliphatic rings. The molecule has 29 heavy (non-hydrogen) atoms. The summed E-state index contributed by atoms with van der Waals surface area (Å²) in [5.74, 6) is -0.842. The normalized spacial score (nSPS) is 10.8. The van der Waals surface area contributed by atoms with Gasteiger partial charge in [0.15, 0.2) is 10.8 Å². The molecule has 0 fully saturated rings. The number of hydrogen-bond donors (Lipinski definition) is 3. The Kier molecular flexibility index (Phi) is 6.18. The van der Waals surface area contributed by atoms with E-state index >= 15 is 0 Å². The topological polar surface area (TPSA) is 88.1 Å². The molecule has 0 saturated heterocycles. The first-order valence-corrected chi connectivity index (χ1v) is 9.38. The summed E-state index contributed by atoms with van der Waals surface area (Å²) in [6.07, 6.45) is 0. The molecule has 1 aromatic heterocycles. The molecule has 0 saturated carbocycles. The Morgan fingerprint density at radius 2 is 1.76 bits per heavy atom. The van der Waals surface area contributed by atoms with E-state index in [0.29, 0.717) is 17.3 Å². The molecule has 3 rings (SSSR count). The van der Waals surface area contributed by atoms with Crippen LogP contribution >= 0.6 is 12.2 Å². The number of hydrogen-bond acceptors (Lipinski definition) is 4. The highest BCUT2D eigenvalue weighted by molar-refractivity contribution is 7.80. The van der Waals surface area contributed by atoms with Crippen molar-refractivity contribution in [3.8, 4) is 0 Å². The molecular weight excluding hydrogens is 393 g/mol. The van der Waals surface area contributed by atoms with Gasteiger partial charge in [0.2, 0.25) is 0 Å². The summed E-state index contributed by atoms with van der Waals surface area (Å²) in [6, 6.07) is 12.6. The highest BCUT2D eigenvalue weighted by atomic mass is 32.1. The third-order valence-electron chi connectivity index (χ3n) is 4.19. The molecule has 7 nitrogen and oxygen atoms in total. The Hall–Kier alpha value is -3.33. The van der Waals surface area contributed by atoms with E-state index < -0.39 is 5.91 Å². The third-order valence-corrected chi connectivity index (χ3v) is 4.43. The first-order chi connectivity index (χ1) is 13.9. The van der Waals surface area contributed by atoms with Gasteiger partial charge in [-0.15, -0.1) is 0 Å². The monoisotopic (exact) mass is 413 g/mol. The van der Waals surface area contributed by atoms with Gasteiger partial charge in [-0.2, -0.15) is 5.10 Å². The maximum absolute atomic E-state index is 12.9. The first-order valence-electron chi connectivity index (χ1n) is 8.97. The van der Waals surface area contributed by atoms with E-state index in [-0.39, 0.29) is 28.2 Å². The Morgan fingerprint density at radius 3 is 2.41 bits per heavy atom. The highest BCUT2D eigenvalue weighted by Crippen LogP contribution is 2.14. The van der Waals surface area contributed by atoms with Crippen LogP contribution in [0.4, 0.5) is 4.39 Å². The average molecular weight is 413 g/mol. The molecule has 0 unspecified atom stereocenters. The van der Waals surface area contributed by atoms with Crippen molar-refractivity contribution in [3.05, 3.63) is 76.0 Å². The molecule has 0 atom stereocenters.